The quantitative estimate of drug-likeness (QED) is 0.772. The molecule has 0 unspecified atom stereocenters. The maximum Gasteiger partial charge on any atom is 0.222 e. The van der Waals surface area contributed by atoms with Gasteiger partial charge in [0.1, 0.15) is 11.6 Å². The summed E-state index contributed by atoms with van der Waals surface area (Å²) in [5, 5.41) is 2.75. The molecule has 2 aromatic carbocycles. The van der Waals surface area contributed by atoms with E-state index >= 15 is 0 Å². The molecule has 4 rings (SSSR count). The van der Waals surface area contributed by atoms with Crippen LogP contribution in [0, 0.1) is 11.7 Å². The summed E-state index contributed by atoms with van der Waals surface area (Å²) in [6.45, 7) is 2.43. The van der Waals surface area contributed by atoms with Crippen molar-refractivity contribution >= 4 is 16.9 Å². The van der Waals surface area contributed by atoms with Crippen molar-refractivity contribution in [1.29, 1.82) is 0 Å². The summed E-state index contributed by atoms with van der Waals surface area (Å²) in [5.74, 6) is 0.914. The smallest absolute Gasteiger partial charge is 0.222 e. The fourth-order valence-corrected chi connectivity index (χ4v) is 3.82. The predicted molar refractivity (Wildman–Crippen MR) is 103 cm³/mol. The molecular weight excluding hydrogens is 343 g/mol. The van der Waals surface area contributed by atoms with E-state index in [1.54, 1.807) is 19.2 Å². The molecule has 0 radical (unpaired) electrons. The molecule has 1 fully saturated rings. The van der Waals surface area contributed by atoms with Crippen LogP contribution in [0.1, 0.15) is 18.7 Å². The van der Waals surface area contributed by atoms with Gasteiger partial charge >= 0.3 is 0 Å². The highest BCUT2D eigenvalue weighted by Gasteiger charge is 2.25. The van der Waals surface area contributed by atoms with E-state index in [2.05, 4.69) is 14.8 Å². The highest BCUT2D eigenvalue weighted by atomic mass is 19.1. The molecule has 6 heteroatoms. The second-order valence-corrected chi connectivity index (χ2v) is 6.99. The summed E-state index contributed by atoms with van der Waals surface area (Å²) in [6, 6.07) is 14.5. The Bertz CT molecular complexity index is 942. The summed E-state index contributed by atoms with van der Waals surface area (Å²) in [5.41, 5.74) is 2.84. The van der Waals surface area contributed by atoms with Gasteiger partial charge < -0.3 is 5.32 Å². The van der Waals surface area contributed by atoms with Gasteiger partial charge in [0.15, 0.2) is 0 Å². The molecular formula is C21H23FN4O. The lowest BCUT2D eigenvalue weighted by Crippen LogP contribution is -2.39. The maximum atomic E-state index is 13.4. The topological polar surface area (TPSA) is 50.2 Å². The van der Waals surface area contributed by atoms with Gasteiger partial charge in [0.2, 0.25) is 5.91 Å². The van der Waals surface area contributed by atoms with Gasteiger partial charge in [-0.2, -0.15) is 0 Å². The average molecular weight is 366 g/mol. The minimum Gasteiger partial charge on any atom is -0.359 e. The first-order valence-corrected chi connectivity index (χ1v) is 9.32. The zero-order valence-electron chi connectivity index (χ0n) is 15.4. The minimum atomic E-state index is -0.249. The molecule has 2 heterocycles. The van der Waals surface area contributed by atoms with Gasteiger partial charge in [-0.15, -0.1) is 0 Å². The molecule has 27 heavy (non-hydrogen) atoms. The lowest BCUT2D eigenvalue weighted by molar-refractivity contribution is -0.125. The molecule has 1 amide bonds. The number of piperidine rings is 1. The summed E-state index contributed by atoms with van der Waals surface area (Å²) in [6.07, 6.45) is 1.72. The van der Waals surface area contributed by atoms with Crippen LogP contribution in [0.2, 0.25) is 0 Å². The van der Waals surface area contributed by atoms with Crippen molar-refractivity contribution in [3.63, 3.8) is 0 Å². The Balaban J connectivity index is 1.61. The van der Waals surface area contributed by atoms with Crippen molar-refractivity contribution in [2.45, 2.75) is 19.4 Å². The Labute approximate surface area is 157 Å². The van der Waals surface area contributed by atoms with Crippen molar-refractivity contribution in [1.82, 2.24) is 19.8 Å². The Kier molecular flexibility index (Phi) is 4.90. The van der Waals surface area contributed by atoms with Crippen molar-refractivity contribution in [3.8, 4) is 5.69 Å². The number of carbonyl (C=O) groups excluding carboxylic acids is 1. The fourth-order valence-electron chi connectivity index (χ4n) is 3.82. The van der Waals surface area contributed by atoms with Gasteiger partial charge in [-0.1, -0.05) is 12.1 Å². The Hall–Kier alpha value is -2.73. The number of nitrogens with zero attached hydrogens (tertiary/aromatic N) is 3. The summed E-state index contributed by atoms with van der Waals surface area (Å²) < 4.78 is 15.5. The largest absolute Gasteiger partial charge is 0.359 e. The molecule has 1 aromatic heterocycles. The molecule has 3 aromatic rings. The van der Waals surface area contributed by atoms with E-state index in [4.69, 9.17) is 4.98 Å². The molecule has 0 atom stereocenters. The third-order valence-electron chi connectivity index (χ3n) is 5.28. The van der Waals surface area contributed by atoms with Crippen LogP contribution in [0.25, 0.3) is 16.7 Å². The summed E-state index contributed by atoms with van der Waals surface area (Å²) in [7, 11) is 1.69. The highest BCUT2D eigenvalue weighted by Crippen LogP contribution is 2.25. The number of hydrogen-bond acceptors (Lipinski definition) is 3. The number of hydrogen-bond donors (Lipinski definition) is 1. The van der Waals surface area contributed by atoms with Gasteiger partial charge in [0.05, 0.1) is 17.6 Å². The van der Waals surface area contributed by atoms with Crippen LogP contribution >= 0.6 is 0 Å². The molecule has 1 aliphatic heterocycles. The average Bonchev–Trinajstić information content (AvgIpc) is 3.06. The van der Waals surface area contributed by atoms with Crippen molar-refractivity contribution < 1.29 is 9.18 Å². The van der Waals surface area contributed by atoms with Crippen molar-refractivity contribution in [3.05, 3.63) is 60.2 Å². The first kappa shape index (κ1) is 17.7. The van der Waals surface area contributed by atoms with Gasteiger partial charge in [0, 0.05) is 18.7 Å². The lowest BCUT2D eigenvalue weighted by Gasteiger charge is -2.30. The lowest BCUT2D eigenvalue weighted by atomic mass is 9.96. The number of aromatic nitrogens is 2. The number of carbonyl (C=O) groups is 1. The molecule has 0 aliphatic carbocycles. The number of rotatable bonds is 4. The van der Waals surface area contributed by atoms with Crippen LogP contribution in [0.4, 0.5) is 4.39 Å². The van der Waals surface area contributed by atoms with Crippen LogP contribution in [-0.2, 0) is 11.3 Å². The third-order valence-corrected chi connectivity index (χ3v) is 5.28. The zero-order valence-corrected chi connectivity index (χ0v) is 15.4. The minimum absolute atomic E-state index is 0.0992. The number of imidazole rings is 1. The SMILES string of the molecule is CNC(=O)C1CCN(Cc2nc3ccccc3n2-c2ccc(F)cc2)CC1. The Morgan fingerprint density at radius 2 is 1.85 bits per heavy atom. The molecule has 1 aliphatic rings. The van der Waals surface area contributed by atoms with E-state index in [1.165, 1.54) is 12.1 Å². The van der Waals surface area contributed by atoms with Crippen LogP contribution in [0.15, 0.2) is 48.5 Å². The molecule has 0 spiro atoms. The molecule has 140 valence electrons. The van der Waals surface area contributed by atoms with E-state index < -0.39 is 0 Å². The van der Waals surface area contributed by atoms with Crippen LogP contribution < -0.4 is 5.32 Å². The van der Waals surface area contributed by atoms with E-state index in [1.807, 2.05) is 24.3 Å². The number of likely N-dealkylation sites (tertiary alicyclic amines) is 1. The molecule has 1 saturated heterocycles. The number of fused-ring (bicyclic) bond motifs is 1. The van der Waals surface area contributed by atoms with Gasteiger partial charge in [-0.25, -0.2) is 9.37 Å². The van der Waals surface area contributed by atoms with E-state index in [0.717, 1.165) is 48.5 Å². The second-order valence-electron chi connectivity index (χ2n) is 6.99. The van der Waals surface area contributed by atoms with Crippen LogP contribution in [0.5, 0.6) is 0 Å². The predicted octanol–water partition coefficient (Wildman–Crippen LogP) is 3.12. The monoisotopic (exact) mass is 366 g/mol. The maximum absolute atomic E-state index is 13.4. The molecule has 0 saturated carbocycles. The summed E-state index contributed by atoms with van der Waals surface area (Å²) >= 11 is 0. The number of halogens is 1. The van der Waals surface area contributed by atoms with Crippen LogP contribution in [0.3, 0.4) is 0 Å². The van der Waals surface area contributed by atoms with Gasteiger partial charge in [0.25, 0.3) is 0 Å². The van der Waals surface area contributed by atoms with Crippen LogP contribution in [-0.4, -0.2) is 40.5 Å². The first-order chi connectivity index (χ1) is 13.2. The standard InChI is InChI=1S/C21H23FN4O/c1-23-21(27)15-10-12-25(13-11-15)14-20-24-18-4-2-3-5-19(18)26(20)17-8-6-16(22)7-9-17/h2-9,15H,10-14H2,1H3,(H,23,27). The summed E-state index contributed by atoms with van der Waals surface area (Å²) in [4.78, 5) is 19.0. The van der Waals surface area contributed by atoms with E-state index in [0.29, 0.717) is 6.54 Å². The Morgan fingerprint density at radius 3 is 2.56 bits per heavy atom. The number of nitrogens with one attached hydrogen (secondary N) is 1. The van der Waals surface area contributed by atoms with E-state index in [9.17, 15) is 9.18 Å². The first-order valence-electron chi connectivity index (χ1n) is 9.32. The second kappa shape index (κ2) is 7.48. The molecule has 5 nitrogen and oxygen atoms in total. The zero-order chi connectivity index (χ0) is 18.8. The van der Waals surface area contributed by atoms with Gasteiger partial charge in [-0.05, 0) is 62.3 Å². The molecule has 1 N–H and O–H groups in total. The number of benzene rings is 2. The van der Waals surface area contributed by atoms with E-state index in [-0.39, 0.29) is 17.6 Å². The molecule has 0 bridgehead atoms. The van der Waals surface area contributed by atoms with Crippen molar-refractivity contribution in [2.75, 3.05) is 20.1 Å². The third kappa shape index (κ3) is 3.57. The van der Waals surface area contributed by atoms with Crippen molar-refractivity contribution in [2.24, 2.45) is 5.92 Å². The number of amides is 1. The Morgan fingerprint density at radius 1 is 1.15 bits per heavy atom. The normalized spacial score (nSPS) is 15.9. The highest BCUT2D eigenvalue weighted by molar-refractivity contribution is 5.79. The number of para-hydroxylation sites is 2. The fraction of sp³-hybridized carbons (Fsp3) is 0.333. The van der Waals surface area contributed by atoms with Gasteiger partial charge in [-0.3, -0.25) is 14.3 Å².